The molecule has 0 heterocycles. The number of likely N-dealkylation sites (N-methyl/N-ethyl adjacent to an activating group) is 1. The van der Waals surface area contributed by atoms with Gasteiger partial charge in [0.15, 0.2) is 0 Å². The Kier molecular flexibility index (Phi) is 6.06. The van der Waals surface area contributed by atoms with Gasteiger partial charge in [0.25, 0.3) is 0 Å². The van der Waals surface area contributed by atoms with Crippen LogP contribution >= 0.6 is 0 Å². The van der Waals surface area contributed by atoms with E-state index in [0.29, 0.717) is 17.8 Å². The van der Waals surface area contributed by atoms with Crippen molar-refractivity contribution in [3.8, 4) is 0 Å². The van der Waals surface area contributed by atoms with Crippen LogP contribution in [-0.4, -0.2) is 35.9 Å². The zero-order valence-electron chi connectivity index (χ0n) is 12.9. The summed E-state index contributed by atoms with van der Waals surface area (Å²) in [7, 11) is 0. The summed E-state index contributed by atoms with van der Waals surface area (Å²) in [6.45, 7) is 5.18. The molecule has 0 unspecified atom stereocenters. The van der Waals surface area contributed by atoms with Crippen LogP contribution in [0.2, 0.25) is 0 Å². The summed E-state index contributed by atoms with van der Waals surface area (Å²) >= 11 is 0. The minimum absolute atomic E-state index is 0.260. The quantitative estimate of drug-likeness (QED) is 0.579. The second-order valence-electron chi connectivity index (χ2n) is 5.23. The number of hydrogen-bond donors (Lipinski definition) is 4. The molecule has 0 saturated heterocycles. The normalized spacial score (nSPS) is 10.7. The smallest absolute Gasteiger partial charge is 0.313 e. The zero-order chi connectivity index (χ0) is 16.8. The molecule has 0 aliphatic rings. The first-order valence-corrected chi connectivity index (χ1v) is 6.93. The molecule has 4 N–H and O–H groups in total. The highest BCUT2D eigenvalue weighted by molar-refractivity contribution is 6.39. The van der Waals surface area contributed by atoms with Crippen molar-refractivity contribution in [2.75, 3.05) is 18.4 Å². The topological polar surface area (TPSA) is 108 Å². The third-order valence-electron chi connectivity index (χ3n) is 2.82. The molecule has 7 nitrogen and oxygen atoms in total. The summed E-state index contributed by atoms with van der Waals surface area (Å²) in [6.07, 6.45) is 0. The molecule has 3 amide bonds. The molecule has 1 rings (SSSR count). The summed E-state index contributed by atoms with van der Waals surface area (Å²) in [5.41, 5.74) is -0.0628. The number of benzene rings is 1. The number of amides is 3. The van der Waals surface area contributed by atoms with E-state index >= 15 is 0 Å². The largest absolute Gasteiger partial charge is 0.386 e. The molecule has 0 aliphatic carbocycles. The molecule has 7 heteroatoms. The number of aliphatic hydroxyl groups is 1. The van der Waals surface area contributed by atoms with Crippen molar-refractivity contribution in [2.24, 2.45) is 0 Å². The summed E-state index contributed by atoms with van der Waals surface area (Å²) in [6, 6.07) is 6.56. The van der Waals surface area contributed by atoms with Crippen LogP contribution in [0, 0.1) is 0 Å². The van der Waals surface area contributed by atoms with Crippen LogP contribution in [0.5, 0.6) is 0 Å². The van der Waals surface area contributed by atoms with Crippen LogP contribution in [0.25, 0.3) is 0 Å². The molecular formula is C15H21N3O4. The third-order valence-corrected chi connectivity index (χ3v) is 2.82. The predicted octanol–water partition coefficient (Wildman–Crippen LogP) is 0.105. The maximum Gasteiger partial charge on any atom is 0.313 e. The maximum absolute atomic E-state index is 11.7. The van der Waals surface area contributed by atoms with E-state index in [-0.39, 0.29) is 12.5 Å². The monoisotopic (exact) mass is 307 g/mol. The van der Waals surface area contributed by atoms with Crippen LogP contribution in [0.4, 0.5) is 5.69 Å². The molecule has 0 aliphatic heterocycles. The minimum Gasteiger partial charge on any atom is -0.386 e. The second-order valence-corrected chi connectivity index (χ2v) is 5.23. The van der Waals surface area contributed by atoms with Crippen molar-refractivity contribution in [3.63, 3.8) is 0 Å². The number of carbonyl (C=O) groups excluding carboxylic acids is 3. The van der Waals surface area contributed by atoms with Gasteiger partial charge < -0.3 is 21.1 Å². The first-order chi connectivity index (χ1) is 10.2. The molecule has 1 aromatic rings. The Balaban J connectivity index is 2.61. The summed E-state index contributed by atoms with van der Waals surface area (Å²) in [5.74, 6) is -2.15. The fourth-order valence-corrected chi connectivity index (χ4v) is 1.67. The van der Waals surface area contributed by atoms with Gasteiger partial charge in [-0.2, -0.15) is 0 Å². The number of anilines is 1. The first-order valence-electron chi connectivity index (χ1n) is 6.93. The van der Waals surface area contributed by atoms with Crippen LogP contribution < -0.4 is 16.0 Å². The average Bonchev–Trinajstić information content (AvgIpc) is 2.44. The Morgan fingerprint density at radius 1 is 1.14 bits per heavy atom. The lowest BCUT2D eigenvalue weighted by Crippen LogP contribution is -2.41. The highest BCUT2D eigenvalue weighted by Crippen LogP contribution is 2.22. The lowest BCUT2D eigenvalue weighted by Gasteiger charge is -2.18. The van der Waals surface area contributed by atoms with Gasteiger partial charge in [-0.1, -0.05) is 12.1 Å². The Hall–Kier alpha value is -2.41. The zero-order valence-corrected chi connectivity index (χ0v) is 12.9. The Labute approximate surface area is 129 Å². The van der Waals surface area contributed by atoms with Crippen LogP contribution in [0.1, 0.15) is 26.3 Å². The Bertz CT molecular complexity index is 564. The molecule has 0 radical (unpaired) electrons. The van der Waals surface area contributed by atoms with Gasteiger partial charge in [-0.15, -0.1) is 0 Å². The van der Waals surface area contributed by atoms with Crippen molar-refractivity contribution in [1.82, 2.24) is 10.6 Å². The second kappa shape index (κ2) is 7.56. The van der Waals surface area contributed by atoms with Gasteiger partial charge in [-0.05, 0) is 38.5 Å². The van der Waals surface area contributed by atoms with E-state index in [1.165, 1.54) is 0 Å². The van der Waals surface area contributed by atoms with E-state index in [9.17, 15) is 19.5 Å². The van der Waals surface area contributed by atoms with Crippen molar-refractivity contribution in [2.45, 2.75) is 26.4 Å². The molecule has 0 spiro atoms. The molecule has 0 aromatic heterocycles. The molecule has 120 valence electrons. The number of carbonyl (C=O) groups is 3. The minimum atomic E-state index is -1.05. The average molecular weight is 307 g/mol. The molecule has 0 bridgehead atoms. The van der Waals surface area contributed by atoms with Gasteiger partial charge in [-0.3, -0.25) is 14.4 Å². The third kappa shape index (κ3) is 5.53. The van der Waals surface area contributed by atoms with Crippen LogP contribution in [-0.2, 0) is 20.0 Å². The molecular weight excluding hydrogens is 286 g/mol. The molecule has 22 heavy (non-hydrogen) atoms. The van der Waals surface area contributed by atoms with Crippen molar-refractivity contribution in [3.05, 3.63) is 29.8 Å². The van der Waals surface area contributed by atoms with Crippen LogP contribution in [0.15, 0.2) is 24.3 Å². The number of hydrogen-bond acceptors (Lipinski definition) is 4. The van der Waals surface area contributed by atoms with Crippen molar-refractivity contribution < 1.29 is 19.5 Å². The maximum atomic E-state index is 11.7. The fraction of sp³-hybridized carbons (Fsp3) is 0.400. The fourth-order valence-electron chi connectivity index (χ4n) is 1.67. The van der Waals surface area contributed by atoms with Gasteiger partial charge >= 0.3 is 11.8 Å². The molecule has 0 atom stereocenters. The Morgan fingerprint density at radius 3 is 2.41 bits per heavy atom. The predicted molar refractivity (Wildman–Crippen MR) is 82.0 cm³/mol. The van der Waals surface area contributed by atoms with Crippen molar-refractivity contribution in [1.29, 1.82) is 0 Å². The standard InChI is InChI=1S/C15H21N3O4/c1-4-16-12(19)9-17-13(20)14(21)18-11-7-5-6-10(8-11)15(2,3)22/h5-8,22H,4,9H2,1-3H3,(H,16,19)(H,17,20)(H,18,21). The summed E-state index contributed by atoms with van der Waals surface area (Å²) in [4.78, 5) is 34.5. The first kappa shape index (κ1) is 17.6. The molecule has 0 fully saturated rings. The summed E-state index contributed by atoms with van der Waals surface area (Å²) in [5, 5.41) is 17.1. The SMILES string of the molecule is CCNC(=O)CNC(=O)C(=O)Nc1cccc(C(C)(C)O)c1. The van der Waals surface area contributed by atoms with Gasteiger partial charge in [0.05, 0.1) is 12.1 Å². The lowest BCUT2D eigenvalue weighted by molar-refractivity contribution is -0.136. The van der Waals surface area contributed by atoms with Gasteiger partial charge in [0, 0.05) is 12.2 Å². The van der Waals surface area contributed by atoms with Crippen LogP contribution in [0.3, 0.4) is 0 Å². The van der Waals surface area contributed by atoms with Gasteiger partial charge in [-0.25, -0.2) is 0 Å². The van der Waals surface area contributed by atoms with E-state index in [0.717, 1.165) is 0 Å². The number of nitrogens with one attached hydrogen (secondary N) is 3. The molecule has 0 saturated carbocycles. The van der Waals surface area contributed by atoms with E-state index in [2.05, 4.69) is 16.0 Å². The van der Waals surface area contributed by atoms with E-state index in [4.69, 9.17) is 0 Å². The van der Waals surface area contributed by atoms with E-state index in [1.54, 1.807) is 45.0 Å². The van der Waals surface area contributed by atoms with Crippen molar-refractivity contribution >= 4 is 23.4 Å². The highest BCUT2D eigenvalue weighted by atomic mass is 16.3. The summed E-state index contributed by atoms with van der Waals surface area (Å²) < 4.78 is 0. The lowest BCUT2D eigenvalue weighted by atomic mass is 9.98. The van der Waals surface area contributed by atoms with Gasteiger partial charge in [0.2, 0.25) is 5.91 Å². The molecule has 1 aromatic carbocycles. The number of rotatable bonds is 5. The highest BCUT2D eigenvalue weighted by Gasteiger charge is 2.18. The Morgan fingerprint density at radius 2 is 1.82 bits per heavy atom. The van der Waals surface area contributed by atoms with Gasteiger partial charge in [0.1, 0.15) is 0 Å². The van der Waals surface area contributed by atoms with E-state index < -0.39 is 17.4 Å². The van der Waals surface area contributed by atoms with E-state index in [1.807, 2.05) is 0 Å².